The van der Waals surface area contributed by atoms with Crippen molar-refractivity contribution < 1.29 is 9.31 Å². The van der Waals surface area contributed by atoms with Gasteiger partial charge in [-0.05, 0) is 41.4 Å². The van der Waals surface area contributed by atoms with Crippen LogP contribution in [0.1, 0.15) is 12.8 Å². The quantitative estimate of drug-likeness (QED) is 0.683. The summed E-state index contributed by atoms with van der Waals surface area (Å²) in [4.78, 5) is 12.4. The van der Waals surface area contributed by atoms with Gasteiger partial charge in [-0.3, -0.25) is 10.1 Å². The van der Waals surface area contributed by atoms with E-state index in [9.17, 15) is 14.5 Å². The summed E-state index contributed by atoms with van der Waals surface area (Å²) in [6, 6.07) is 2.62. The van der Waals surface area contributed by atoms with Gasteiger partial charge in [-0.15, -0.1) is 0 Å². The lowest BCUT2D eigenvalue weighted by Crippen LogP contribution is -2.44. The summed E-state index contributed by atoms with van der Waals surface area (Å²) >= 11 is 3.08. The van der Waals surface area contributed by atoms with Gasteiger partial charge in [0, 0.05) is 19.6 Å². The SMILES string of the molecule is CN(c1cc(Br)c(F)cc1[N+](=O)[O-])C1CCCNC1. The van der Waals surface area contributed by atoms with Crippen LogP contribution in [0.15, 0.2) is 16.6 Å². The first-order chi connectivity index (χ1) is 9.00. The second kappa shape index (κ2) is 5.83. The predicted molar refractivity (Wildman–Crippen MR) is 75.0 cm³/mol. The average molecular weight is 332 g/mol. The average Bonchev–Trinajstić information content (AvgIpc) is 2.41. The number of anilines is 1. The molecule has 19 heavy (non-hydrogen) atoms. The van der Waals surface area contributed by atoms with Crippen molar-refractivity contribution in [1.29, 1.82) is 0 Å². The molecule has 7 heteroatoms. The minimum Gasteiger partial charge on any atom is -0.365 e. The van der Waals surface area contributed by atoms with Crippen molar-refractivity contribution in [1.82, 2.24) is 5.32 Å². The molecule has 1 aromatic carbocycles. The summed E-state index contributed by atoms with van der Waals surface area (Å²) in [6.45, 7) is 1.75. The number of nitro benzene ring substituents is 1. The smallest absolute Gasteiger partial charge is 0.295 e. The number of likely N-dealkylation sites (N-methyl/N-ethyl adjacent to an activating group) is 1. The lowest BCUT2D eigenvalue weighted by Gasteiger charge is -2.33. The standard InChI is InChI=1S/C12H15BrFN3O2/c1-16(8-3-2-4-15-7-8)11-5-9(13)10(14)6-12(11)17(18)19/h5-6,8,15H,2-4,7H2,1H3. The van der Waals surface area contributed by atoms with Gasteiger partial charge < -0.3 is 10.2 Å². The zero-order valence-corrected chi connectivity index (χ0v) is 12.1. The third-order valence-corrected chi connectivity index (χ3v) is 4.02. The number of halogens is 2. The third-order valence-electron chi connectivity index (χ3n) is 3.41. The molecule has 0 aromatic heterocycles. The fourth-order valence-electron chi connectivity index (χ4n) is 2.32. The van der Waals surface area contributed by atoms with E-state index in [-0.39, 0.29) is 16.2 Å². The van der Waals surface area contributed by atoms with E-state index < -0.39 is 10.7 Å². The molecule has 0 bridgehead atoms. The third kappa shape index (κ3) is 3.03. The largest absolute Gasteiger partial charge is 0.365 e. The lowest BCUT2D eigenvalue weighted by molar-refractivity contribution is -0.384. The maximum atomic E-state index is 13.4. The van der Waals surface area contributed by atoms with E-state index in [2.05, 4.69) is 21.2 Å². The Bertz CT molecular complexity index is 492. The summed E-state index contributed by atoms with van der Waals surface area (Å²) < 4.78 is 13.7. The normalized spacial score (nSPS) is 19.2. The summed E-state index contributed by atoms with van der Waals surface area (Å²) in [7, 11) is 1.81. The number of nitrogens with one attached hydrogen (secondary N) is 1. The topological polar surface area (TPSA) is 58.4 Å². The zero-order chi connectivity index (χ0) is 14.0. The second-order valence-corrected chi connectivity index (χ2v) is 5.48. The summed E-state index contributed by atoms with van der Waals surface area (Å²) in [5.74, 6) is -0.620. The molecule has 1 aliphatic rings. The lowest BCUT2D eigenvalue weighted by atomic mass is 10.1. The van der Waals surface area contributed by atoms with Gasteiger partial charge in [0.25, 0.3) is 5.69 Å². The van der Waals surface area contributed by atoms with Gasteiger partial charge in [-0.2, -0.15) is 0 Å². The molecule has 1 fully saturated rings. The van der Waals surface area contributed by atoms with Gasteiger partial charge >= 0.3 is 0 Å². The first kappa shape index (κ1) is 14.2. The van der Waals surface area contributed by atoms with E-state index >= 15 is 0 Å². The maximum Gasteiger partial charge on any atom is 0.295 e. The Morgan fingerprint density at radius 3 is 2.89 bits per heavy atom. The van der Waals surface area contributed by atoms with Gasteiger partial charge in [0.2, 0.25) is 0 Å². The van der Waals surface area contributed by atoms with Crippen molar-refractivity contribution in [2.75, 3.05) is 25.0 Å². The first-order valence-corrected chi connectivity index (χ1v) is 6.87. The van der Waals surface area contributed by atoms with Gasteiger partial charge in [-0.1, -0.05) is 0 Å². The van der Waals surface area contributed by atoms with Crippen LogP contribution < -0.4 is 10.2 Å². The molecule has 0 saturated carbocycles. The summed E-state index contributed by atoms with van der Waals surface area (Å²) in [5, 5.41) is 14.3. The highest BCUT2D eigenvalue weighted by atomic mass is 79.9. The second-order valence-electron chi connectivity index (χ2n) is 4.62. The molecule has 5 nitrogen and oxygen atoms in total. The maximum absolute atomic E-state index is 13.4. The van der Waals surface area contributed by atoms with Crippen LogP contribution in [-0.2, 0) is 0 Å². The molecule has 0 radical (unpaired) electrons. The minimum absolute atomic E-state index is 0.185. The molecule has 1 aliphatic heterocycles. The molecular formula is C12H15BrFN3O2. The minimum atomic E-state index is -0.620. The monoisotopic (exact) mass is 331 g/mol. The highest BCUT2D eigenvalue weighted by molar-refractivity contribution is 9.10. The molecule has 0 aliphatic carbocycles. The predicted octanol–water partition coefficient (Wildman–Crippen LogP) is 2.68. The Morgan fingerprint density at radius 1 is 1.58 bits per heavy atom. The number of rotatable bonds is 3. The molecule has 1 N–H and O–H groups in total. The van der Waals surface area contributed by atoms with Crippen LogP contribution in [0.25, 0.3) is 0 Å². The fraction of sp³-hybridized carbons (Fsp3) is 0.500. The van der Waals surface area contributed by atoms with Crippen LogP contribution in [0, 0.1) is 15.9 Å². The Kier molecular flexibility index (Phi) is 4.36. The highest BCUT2D eigenvalue weighted by Crippen LogP contribution is 2.34. The molecule has 104 valence electrons. The van der Waals surface area contributed by atoms with Gasteiger partial charge in [0.05, 0.1) is 15.5 Å². The van der Waals surface area contributed by atoms with Crippen molar-refractivity contribution >= 4 is 27.3 Å². The van der Waals surface area contributed by atoms with Crippen LogP contribution in [-0.4, -0.2) is 31.1 Å². The Balaban J connectivity index is 2.36. The Labute approximate surface area is 119 Å². The van der Waals surface area contributed by atoms with E-state index in [4.69, 9.17) is 0 Å². The Morgan fingerprint density at radius 2 is 2.32 bits per heavy atom. The molecule has 0 spiro atoms. The molecule has 1 aromatic rings. The van der Waals surface area contributed by atoms with Crippen molar-refractivity contribution in [3.8, 4) is 0 Å². The van der Waals surface area contributed by atoms with Crippen molar-refractivity contribution in [2.24, 2.45) is 0 Å². The number of piperidine rings is 1. The van der Waals surface area contributed by atoms with Gasteiger partial charge in [0.1, 0.15) is 11.5 Å². The number of nitro groups is 1. The van der Waals surface area contributed by atoms with Gasteiger partial charge in [0.15, 0.2) is 0 Å². The molecule has 2 rings (SSSR count). The zero-order valence-electron chi connectivity index (χ0n) is 10.5. The summed E-state index contributed by atoms with van der Waals surface area (Å²) in [6.07, 6.45) is 2.00. The van der Waals surface area contributed by atoms with Crippen LogP contribution in [0.2, 0.25) is 0 Å². The molecular weight excluding hydrogens is 317 g/mol. The number of hydrogen-bond donors (Lipinski definition) is 1. The fourth-order valence-corrected chi connectivity index (χ4v) is 2.65. The Hall–Kier alpha value is -1.21. The van der Waals surface area contributed by atoms with Crippen LogP contribution in [0.3, 0.4) is 0 Å². The number of nitrogens with zero attached hydrogens (tertiary/aromatic N) is 2. The van der Waals surface area contributed by atoms with Crippen molar-refractivity contribution in [3.05, 3.63) is 32.5 Å². The molecule has 1 unspecified atom stereocenters. The van der Waals surface area contributed by atoms with E-state index in [1.54, 1.807) is 0 Å². The molecule has 1 atom stereocenters. The summed E-state index contributed by atoms with van der Waals surface area (Å²) in [5.41, 5.74) is 0.237. The van der Waals surface area contributed by atoms with E-state index in [1.807, 2.05) is 11.9 Å². The van der Waals surface area contributed by atoms with Crippen LogP contribution in [0.5, 0.6) is 0 Å². The number of hydrogen-bond acceptors (Lipinski definition) is 4. The first-order valence-electron chi connectivity index (χ1n) is 6.07. The van der Waals surface area contributed by atoms with E-state index in [0.29, 0.717) is 5.69 Å². The van der Waals surface area contributed by atoms with E-state index in [0.717, 1.165) is 32.0 Å². The van der Waals surface area contributed by atoms with Gasteiger partial charge in [-0.25, -0.2) is 4.39 Å². The molecule has 1 heterocycles. The molecule has 0 amide bonds. The van der Waals surface area contributed by atoms with Crippen molar-refractivity contribution in [3.63, 3.8) is 0 Å². The van der Waals surface area contributed by atoms with Crippen LogP contribution in [0.4, 0.5) is 15.8 Å². The highest BCUT2D eigenvalue weighted by Gasteiger charge is 2.25. The molecule has 1 saturated heterocycles. The number of benzene rings is 1. The van der Waals surface area contributed by atoms with Crippen LogP contribution >= 0.6 is 15.9 Å². The van der Waals surface area contributed by atoms with Crippen molar-refractivity contribution in [2.45, 2.75) is 18.9 Å². The van der Waals surface area contributed by atoms with E-state index in [1.165, 1.54) is 6.07 Å².